The van der Waals surface area contributed by atoms with Crippen LogP contribution in [0.25, 0.3) is 10.8 Å². The molecule has 0 atom stereocenters. The van der Waals surface area contributed by atoms with Gasteiger partial charge in [0.1, 0.15) is 18.1 Å². The van der Waals surface area contributed by atoms with Crippen molar-refractivity contribution < 1.29 is 42.7 Å². The number of fused-ring (bicyclic) bond motifs is 1. The second-order valence-electron chi connectivity index (χ2n) is 18.3. The molecule has 0 aliphatic carbocycles. The van der Waals surface area contributed by atoms with E-state index in [1.807, 2.05) is 31.2 Å². The lowest BCUT2D eigenvalue weighted by atomic mass is 9.95. The van der Waals surface area contributed by atoms with Crippen LogP contribution in [0, 0.1) is 6.92 Å². The van der Waals surface area contributed by atoms with Crippen molar-refractivity contribution in [2.75, 3.05) is 66.6 Å². The zero-order valence-corrected chi connectivity index (χ0v) is 44.1. The van der Waals surface area contributed by atoms with Crippen LogP contribution < -0.4 is 9.47 Å². The lowest BCUT2D eigenvalue weighted by Gasteiger charge is -2.19. The van der Waals surface area contributed by atoms with Gasteiger partial charge < -0.3 is 33.2 Å². The Morgan fingerprint density at radius 2 is 0.824 bits per heavy atom. The number of allylic oxidation sites excluding steroid dienone is 14. The lowest BCUT2D eigenvalue weighted by Crippen LogP contribution is -2.19. The summed E-state index contributed by atoms with van der Waals surface area (Å²) in [5.74, 6) is -0.00766. The van der Waals surface area contributed by atoms with E-state index >= 15 is 0 Å². The second kappa shape index (κ2) is 36.6. The number of esters is 2. The van der Waals surface area contributed by atoms with E-state index in [1.165, 1.54) is 45.9 Å². The normalized spacial score (nSPS) is 13.1. The monoisotopic (exact) mass is 941 g/mol. The molecule has 0 aliphatic rings. The van der Waals surface area contributed by atoms with Crippen molar-refractivity contribution in [3.8, 4) is 11.5 Å². The molecule has 0 heterocycles. The highest BCUT2D eigenvalue weighted by Gasteiger charge is 2.22. The van der Waals surface area contributed by atoms with Gasteiger partial charge in [0.2, 0.25) is 0 Å². The van der Waals surface area contributed by atoms with Gasteiger partial charge in [-0.15, -0.1) is 0 Å². The molecule has 0 radical (unpaired) electrons. The topological polar surface area (TPSA) is 98.8 Å². The molecule has 0 N–H and O–H groups in total. The Morgan fingerprint density at radius 1 is 0.456 bits per heavy atom. The Hall–Kier alpha value is -4.38. The molecule has 0 amide bonds. The molecule has 9 nitrogen and oxygen atoms in total. The summed E-state index contributed by atoms with van der Waals surface area (Å²) in [6.45, 7) is 24.3. The van der Waals surface area contributed by atoms with Crippen LogP contribution in [0.1, 0.15) is 150 Å². The largest absolute Gasteiger partial charge is 0.426 e. The molecule has 0 unspecified atom stereocenters. The van der Waals surface area contributed by atoms with E-state index in [4.69, 9.17) is 33.2 Å². The molecule has 0 bridgehead atoms. The maximum absolute atomic E-state index is 13.2. The number of hydrogen-bond acceptors (Lipinski definition) is 9. The predicted octanol–water partition coefficient (Wildman–Crippen LogP) is 14.6. The zero-order chi connectivity index (χ0) is 49.9. The van der Waals surface area contributed by atoms with Crippen molar-refractivity contribution in [2.45, 2.75) is 153 Å². The number of carbonyl (C=O) groups is 2. The summed E-state index contributed by atoms with van der Waals surface area (Å²) in [7, 11) is 1.63. The summed E-state index contributed by atoms with van der Waals surface area (Å²) < 4.78 is 38.8. The van der Waals surface area contributed by atoms with E-state index in [0.29, 0.717) is 74.9 Å². The Morgan fingerprint density at radius 3 is 1.22 bits per heavy atom. The van der Waals surface area contributed by atoms with Crippen molar-refractivity contribution in [1.29, 1.82) is 0 Å². The van der Waals surface area contributed by atoms with Crippen LogP contribution in [0.4, 0.5) is 0 Å². The van der Waals surface area contributed by atoms with Gasteiger partial charge in [0, 0.05) is 30.4 Å². The molecular formula is C59H88O9. The summed E-state index contributed by atoms with van der Waals surface area (Å²) in [5, 5.41) is 1.39. The first-order valence-electron chi connectivity index (χ1n) is 25.0. The van der Waals surface area contributed by atoms with E-state index in [0.717, 1.165) is 88.2 Å². The standard InChI is InChI=1S/C59H88O9/c1-45(2)20-14-21-46(3)22-15-23-47(4)24-16-25-48(5)26-17-27-49(6)28-18-29-50(7)30-19-31-51(8)34-35-54-52(9)58(67-53(10)60)55-32-12-13-33-56(55)59(54)68-57(61)44-66-43-42-65-41-40-64-39-38-63-37-36-62-11/h12-13,20,22,24,26,28,30,32-34H,14-19,21,23,25,27,29,31,35-44H2,1-11H3/b46-22+,47-24+,48-26+,49-28+,50-30+,51-34+. The molecular weight excluding hydrogens is 853 g/mol. The predicted molar refractivity (Wildman–Crippen MR) is 282 cm³/mol. The number of rotatable bonds is 36. The van der Waals surface area contributed by atoms with E-state index in [2.05, 4.69) is 97.9 Å². The van der Waals surface area contributed by atoms with Gasteiger partial charge in [0.25, 0.3) is 0 Å². The van der Waals surface area contributed by atoms with Gasteiger partial charge in [-0.2, -0.15) is 0 Å². The van der Waals surface area contributed by atoms with E-state index in [-0.39, 0.29) is 13.2 Å². The van der Waals surface area contributed by atoms with Crippen molar-refractivity contribution in [3.05, 3.63) is 117 Å². The molecule has 0 fully saturated rings. The highest BCUT2D eigenvalue weighted by molar-refractivity contribution is 5.98. The zero-order valence-electron chi connectivity index (χ0n) is 44.1. The van der Waals surface area contributed by atoms with E-state index < -0.39 is 11.9 Å². The summed E-state index contributed by atoms with van der Waals surface area (Å²) in [5.41, 5.74) is 11.5. The van der Waals surface area contributed by atoms with Gasteiger partial charge in [-0.3, -0.25) is 4.79 Å². The Kier molecular flexibility index (Phi) is 32.1. The van der Waals surface area contributed by atoms with E-state index in [9.17, 15) is 9.59 Å². The Labute approximate surface area is 411 Å². The summed E-state index contributed by atoms with van der Waals surface area (Å²) in [6.07, 6.45) is 30.0. The van der Waals surface area contributed by atoms with Gasteiger partial charge in [-0.1, -0.05) is 106 Å². The number of ether oxygens (including phenoxy) is 7. The summed E-state index contributed by atoms with van der Waals surface area (Å²) in [4.78, 5) is 25.4. The minimum absolute atomic E-state index is 0.229. The molecule has 0 saturated heterocycles. The molecule has 0 spiro atoms. The van der Waals surface area contributed by atoms with Gasteiger partial charge in [-0.25, -0.2) is 4.79 Å². The highest BCUT2D eigenvalue weighted by atomic mass is 16.6. The van der Waals surface area contributed by atoms with E-state index in [1.54, 1.807) is 7.11 Å². The minimum atomic E-state index is -0.522. The molecule has 0 aliphatic heterocycles. The molecule has 378 valence electrons. The number of hydrogen-bond donors (Lipinski definition) is 0. The van der Waals surface area contributed by atoms with Gasteiger partial charge in [-0.05, 0) is 151 Å². The first-order valence-corrected chi connectivity index (χ1v) is 25.0. The maximum atomic E-state index is 13.2. The molecule has 2 aromatic carbocycles. The fourth-order valence-corrected chi connectivity index (χ4v) is 7.50. The smallest absolute Gasteiger partial charge is 0.337 e. The number of methoxy groups -OCH3 is 1. The average molecular weight is 941 g/mol. The quantitative estimate of drug-likeness (QED) is 0.0286. The van der Waals surface area contributed by atoms with Crippen molar-refractivity contribution in [3.63, 3.8) is 0 Å². The fraction of sp³-hybridized carbons (Fsp3) is 0.559. The van der Waals surface area contributed by atoms with Crippen LogP contribution in [-0.4, -0.2) is 78.5 Å². The van der Waals surface area contributed by atoms with Crippen LogP contribution in [0.2, 0.25) is 0 Å². The molecule has 68 heavy (non-hydrogen) atoms. The van der Waals surface area contributed by atoms with Crippen LogP contribution in [0.3, 0.4) is 0 Å². The molecule has 2 aromatic rings. The Bertz CT molecular complexity index is 2020. The van der Waals surface area contributed by atoms with Gasteiger partial charge >= 0.3 is 11.9 Å². The lowest BCUT2D eigenvalue weighted by molar-refractivity contribution is -0.140. The molecule has 0 aromatic heterocycles. The van der Waals surface area contributed by atoms with Crippen LogP contribution in [0.15, 0.2) is 106 Å². The van der Waals surface area contributed by atoms with Gasteiger partial charge in [0.05, 0.1) is 52.9 Å². The van der Waals surface area contributed by atoms with Crippen LogP contribution >= 0.6 is 0 Å². The maximum Gasteiger partial charge on any atom is 0.337 e. The first kappa shape index (κ1) is 59.7. The fourth-order valence-electron chi connectivity index (χ4n) is 7.50. The summed E-state index contributed by atoms with van der Waals surface area (Å²) in [6, 6.07) is 7.51. The third-order valence-corrected chi connectivity index (χ3v) is 11.6. The summed E-state index contributed by atoms with van der Waals surface area (Å²) >= 11 is 0. The molecule has 9 heteroatoms. The second-order valence-corrected chi connectivity index (χ2v) is 18.3. The molecule has 0 saturated carbocycles. The number of benzene rings is 2. The third kappa shape index (κ3) is 27.6. The van der Waals surface area contributed by atoms with Crippen molar-refractivity contribution in [2.24, 2.45) is 0 Å². The Balaban J connectivity index is 1.87. The molecule has 2 rings (SSSR count). The van der Waals surface area contributed by atoms with Crippen molar-refractivity contribution >= 4 is 22.7 Å². The third-order valence-electron chi connectivity index (χ3n) is 11.6. The minimum Gasteiger partial charge on any atom is -0.426 e. The SMILES string of the molecule is COCCOCCOCCOCCOCC(=O)Oc1c(C/C=C(\C)CC/C=C(\C)CC/C=C(\C)CC/C=C(\C)CC/C=C(\C)CC/C=C(\C)CCC=C(C)C)c(C)c(OC(C)=O)c2ccccc12. The van der Waals surface area contributed by atoms with Gasteiger partial charge in [0.15, 0.2) is 0 Å². The van der Waals surface area contributed by atoms with Crippen molar-refractivity contribution in [1.82, 2.24) is 0 Å². The highest BCUT2D eigenvalue weighted by Crippen LogP contribution is 2.41. The van der Waals surface area contributed by atoms with Crippen LogP contribution in [0.5, 0.6) is 11.5 Å². The number of carbonyl (C=O) groups excluding carboxylic acids is 2. The van der Waals surface area contributed by atoms with Crippen LogP contribution in [-0.2, 0) is 39.7 Å². The average Bonchev–Trinajstić information content (AvgIpc) is 3.28. The first-order chi connectivity index (χ1) is 32.7.